The van der Waals surface area contributed by atoms with E-state index in [1.807, 2.05) is 42.5 Å². The molecule has 134 valence electrons. The van der Waals surface area contributed by atoms with Gasteiger partial charge in [0, 0.05) is 0 Å². The molecule has 0 aliphatic carbocycles. The van der Waals surface area contributed by atoms with Gasteiger partial charge in [0.1, 0.15) is 0 Å². The van der Waals surface area contributed by atoms with E-state index in [9.17, 15) is 10.2 Å². The van der Waals surface area contributed by atoms with Gasteiger partial charge < -0.3 is 10.2 Å². The molecule has 0 aliphatic rings. The summed E-state index contributed by atoms with van der Waals surface area (Å²) in [5.74, 6) is 0. The lowest BCUT2D eigenvalue weighted by molar-refractivity contribution is 0.211. The fraction of sp³-hybridized carbons (Fsp3) is 0.455. The zero-order chi connectivity index (χ0) is 17.9. The summed E-state index contributed by atoms with van der Waals surface area (Å²) in [6.07, 6.45) is 28.3. The fourth-order valence-electron chi connectivity index (χ4n) is 1.92. The monoisotopic (exact) mass is 330 g/mol. The van der Waals surface area contributed by atoms with Gasteiger partial charge in [-0.15, -0.1) is 0 Å². The van der Waals surface area contributed by atoms with E-state index in [-0.39, 0.29) is 6.10 Å². The Morgan fingerprint density at radius 1 is 0.667 bits per heavy atom. The van der Waals surface area contributed by atoms with Crippen molar-refractivity contribution in [1.82, 2.24) is 0 Å². The molecule has 0 bridgehead atoms. The molecule has 0 unspecified atom stereocenters. The predicted molar refractivity (Wildman–Crippen MR) is 106 cm³/mol. The summed E-state index contributed by atoms with van der Waals surface area (Å²) < 4.78 is 0. The highest BCUT2D eigenvalue weighted by atomic mass is 16.3. The van der Waals surface area contributed by atoms with Gasteiger partial charge in [-0.3, -0.25) is 0 Å². The van der Waals surface area contributed by atoms with E-state index in [0.717, 1.165) is 32.1 Å². The number of aliphatic hydroxyl groups is 2. The predicted octanol–water partition coefficient (Wildman–Crippen LogP) is 5.43. The zero-order valence-electron chi connectivity index (χ0n) is 15.2. The molecule has 2 heteroatoms. The maximum Gasteiger partial charge on any atom is 0.0758 e. The minimum atomic E-state index is -0.401. The van der Waals surface area contributed by atoms with Crippen molar-refractivity contribution in [2.75, 3.05) is 0 Å². The van der Waals surface area contributed by atoms with E-state index in [1.165, 1.54) is 0 Å². The van der Waals surface area contributed by atoms with E-state index in [1.54, 1.807) is 0 Å². The van der Waals surface area contributed by atoms with Crippen molar-refractivity contribution in [2.45, 2.75) is 64.6 Å². The molecule has 2 nitrogen and oxygen atoms in total. The number of hydrogen-bond acceptors (Lipinski definition) is 2. The second kappa shape index (κ2) is 17.7. The van der Waals surface area contributed by atoms with Crippen LogP contribution in [-0.4, -0.2) is 22.4 Å². The Hall–Kier alpha value is -1.64. The van der Waals surface area contributed by atoms with Gasteiger partial charge in [-0.1, -0.05) is 93.2 Å². The van der Waals surface area contributed by atoms with E-state index in [4.69, 9.17) is 0 Å². The van der Waals surface area contributed by atoms with Crippen LogP contribution >= 0.6 is 0 Å². The molecule has 0 amide bonds. The Labute approximate surface area is 148 Å². The van der Waals surface area contributed by atoms with Crippen molar-refractivity contribution in [2.24, 2.45) is 0 Å². The van der Waals surface area contributed by atoms with Gasteiger partial charge >= 0.3 is 0 Å². The zero-order valence-corrected chi connectivity index (χ0v) is 15.2. The summed E-state index contributed by atoms with van der Waals surface area (Å²) in [7, 11) is 0. The quantitative estimate of drug-likeness (QED) is 0.349. The lowest BCUT2D eigenvalue weighted by Gasteiger charge is -1.99. The standard InChI is InChI=1S/C22H34O2/c1-3-5-14-18-22(24)20-16-13-11-9-7-6-8-10-12-15-19-21(23)17-4-2/h5-7,10-16,19-24H,3-4,8-9,17-18H2,1-2H3/b7-6-,12-10-,13-11-,14-5-,19-15+,20-16+/t21-,22+/m0/s1. The second-order valence-electron chi connectivity index (χ2n) is 5.61. The number of aliphatic hydroxyl groups excluding tert-OH is 2. The van der Waals surface area contributed by atoms with Crippen LogP contribution in [0.5, 0.6) is 0 Å². The first-order valence-corrected chi connectivity index (χ1v) is 9.03. The Bertz CT molecular complexity index is 439. The first-order valence-electron chi connectivity index (χ1n) is 9.03. The molecule has 0 radical (unpaired) electrons. The molecule has 0 aromatic rings. The van der Waals surface area contributed by atoms with Gasteiger partial charge in [0.2, 0.25) is 0 Å². The Morgan fingerprint density at radius 2 is 1.25 bits per heavy atom. The van der Waals surface area contributed by atoms with Crippen LogP contribution in [0.1, 0.15) is 52.4 Å². The molecule has 0 aliphatic heterocycles. The van der Waals surface area contributed by atoms with Gasteiger partial charge in [-0.2, -0.15) is 0 Å². The van der Waals surface area contributed by atoms with Crippen molar-refractivity contribution in [1.29, 1.82) is 0 Å². The molecule has 2 N–H and O–H groups in total. The molecule has 0 saturated carbocycles. The largest absolute Gasteiger partial charge is 0.389 e. The SMILES string of the molecule is CC/C=C\C[C@@H](O)/C=C/C=C\C/C=C\C/C=C\C=C\[C@@H](O)CCC. The van der Waals surface area contributed by atoms with Crippen molar-refractivity contribution in [3.05, 3.63) is 72.9 Å². The third-order valence-corrected chi connectivity index (χ3v) is 3.24. The van der Waals surface area contributed by atoms with Gasteiger partial charge in [-0.25, -0.2) is 0 Å². The van der Waals surface area contributed by atoms with Gasteiger partial charge in [0.15, 0.2) is 0 Å². The van der Waals surface area contributed by atoms with E-state index >= 15 is 0 Å². The van der Waals surface area contributed by atoms with Crippen molar-refractivity contribution in [3.8, 4) is 0 Å². The number of rotatable bonds is 13. The number of allylic oxidation sites excluding steroid dienone is 9. The minimum absolute atomic E-state index is 0.324. The van der Waals surface area contributed by atoms with Gasteiger partial charge in [0.05, 0.1) is 12.2 Å². The van der Waals surface area contributed by atoms with E-state index < -0.39 is 6.10 Å². The van der Waals surface area contributed by atoms with E-state index in [0.29, 0.717) is 6.42 Å². The normalized spacial score (nSPS) is 16.0. The Kier molecular flexibility index (Phi) is 16.5. The van der Waals surface area contributed by atoms with Crippen molar-refractivity contribution >= 4 is 0 Å². The molecule has 0 aromatic heterocycles. The summed E-state index contributed by atoms with van der Waals surface area (Å²) in [6, 6.07) is 0. The fourth-order valence-corrected chi connectivity index (χ4v) is 1.92. The van der Waals surface area contributed by atoms with Crippen LogP contribution in [0.4, 0.5) is 0 Å². The maximum absolute atomic E-state index is 9.67. The maximum atomic E-state index is 9.67. The summed E-state index contributed by atoms with van der Waals surface area (Å²) in [6.45, 7) is 4.15. The number of hydrogen-bond donors (Lipinski definition) is 2. The molecule has 0 rings (SSSR count). The lowest BCUT2D eigenvalue weighted by atomic mass is 10.2. The second-order valence-corrected chi connectivity index (χ2v) is 5.61. The molecule has 0 saturated heterocycles. The van der Waals surface area contributed by atoms with Crippen LogP contribution in [0.15, 0.2) is 72.9 Å². The highest BCUT2D eigenvalue weighted by Gasteiger charge is 1.93. The molecule has 0 aromatic carbocycles. The lowest BCUT2D eigenvalue weighted by Crippen LogP contribution is -1.99. The Morgan fingerprint density at radius 3 is 1.79 bits per heavy atom. The van der Waals surface area contributed by atoms with Crippen LogP contribution in [0.25, 0.3) is 0 Å². The third-order valence-electron chi connectivity index (χ3n) is 3.24. The van der Waals surface area contributed by atoms with Crippen molar-refractivity contribution in [3.63, 3.8) is 0 Å². The highest BCUT2D eigenvalue weighted by molar-refractivity contribution is 5.09. The first kappa shape index (κ1) is 22.4. The molecule has 0 spiro atoms. The van der Waals surface area contributed by atoms with Crippen molar-refractivity contribution < 1.29 is 10.2 Å². The topological polar surface area (TPSA) is 40.5 Å². The summed E-state index contributed by atoms with van der Waals surface area (Å²) >= 11 is 0. The summed E-state index contributed by atoms with van der Waals surface area (Å²) in [5, 5.41) is 19.2. The van der Waals surface area contributed by atoms with Crippen LogP contribution in [0.3, 0.4) is 0 Å². The summed E-state index contributed by atoms with van der Waals surface area (Å²) in [4.78, 5) is 0. The summed E-state index contributed by atoms with van der Waals surface area (Å²) in [5.41, 5.74) is 0. The average Bonchev–Trinajstić information content (AvgIpc) is 2.56. The van der Waals surface area contributed by atoms with Crippen LogP contribution in [0.2, 0.25) is 0 Å². The van der Waals surface area contributed by atoms with E-state index in [2.05, 4.69) is 44.2 Å². The molecular formula is C22H34O2. The minimum Gasteiger partial charge on any atom is -0.389 e. The van der Waals surface area contributed by atoms with Crippen LogP contribution < -0.4 is 0 Å². The molecule has 2 atom stereocenters. The first-order chi connectivity index (χ1) is 11.7. The molecular weight excluding hydrogens is 296 g/mol. The van der Waals surface area contributed by atoms with Crippen LogP contribution in [0, 0.1) is 0 Å². The Balaban J connectivity index is 3.76. The molecule has 24 heavy (non-hydrogen) atoms. The average molecular weight is 331 g/mol. The van der Waals surface area contributed by atoms with Gasteiger partial charge in [-0.05, 0) is 32.1 Å². The third kappa shape index (κ3) is 16.7. The van der Waals surface area contributed by atoms with Gasteiger partial charge in [0.25, 0.3) is 0 Å². The molecule has 0 heterocycles. The van der Waals surface area contributed by atoms with Crippen LogP contribution in [-0.2, 0) is 0 Å². The highest BCUT2D eigenvalue weighted by Crippen LogP contribution is 1.99. The molecule has 0 fully saturated rings. The smallest absolute Gasteiger partial charge is 0.0758 e.